The fourth-order valence-corrected chi connectivity index (χ4v) is 3.55. The number of aliphatic carboxylic acids is 1. The summed E-state index contributed by atoms with van der Waals surface area (Å²) in [5.41, 5.74) is 2.61. The van der Waals surface area contributed by atoms with Crippen molar-refractivity contribution < 1.29 is 28.6 Å². The van der Waals surface area contributed by atoms with Crippen molar-refractivity contribution in [2.24, 2.45) is 0 Å². The van der Waals surface area contributed by atoms with Gasteiger partial charge in [0.1, 0.15) is 5.82 Å². The van der Waals surface area contributed by atoms with Crippen LogP contribution in [0.3, 0.4) is 0 Å². The topological polar surface area (TPSA) is 88.1 Å². The van der Waals surface area contributed by atoms with Gasteiger partial charge in [-0.05, 0) is 47.4 Å². The molecule has 1 aliphatic rings. The van der Waals surface area contributed by atoms with Gasteiger partial charge in [0.2, 0.25) is 0 Å². The molecule has 2 aromatic rings. The summed E-state index contributed by atoms with van der Waals surface area (Å²) in [7, 11) is 3.10. The molecule has 3 rings (SSSR count). The number of nitrogens with one attached hydrogen (secondary N) is 1. The van der Waals surface area contributed by atoms with Crippen LogP contribution in [0.2, 0.25) is 0 Å². The van der Waals surface area contributed by atoms with E-state index in [4.69, 9.17) is 14.6 Å². The molecule has 2 N–H and O–H groups in total. The number of hydrogen-bond acceptors (Lipinski definition) is 4. The number of fused-ring (bicyclic) bond motifs is 1. The highest BCUT2D eigenvalue weighted by Gasteiger charge is 2.33. The van der Waals surface area contributed by atoms with Crippen molar-refractivity contribution in [2.75, 3.05) is 27.3 Å². The van der Waals surface area contributed by atoms with Gasteiger partial charge in [-0.3, -0.25) is 4.79 Å². The second-order valence-corrected chi connectivity index (χ2v) is 6.68. The quantitative estimate of drug-likeness (QED) is 0.776. The average Bonchev–Trinajstić information content (AvgIpc) is 2.72. The molecule has 0 aliphatic carbocycles. The lowest BCUT2D eigenvalue weighted by atomic mass is 9.88. The first kappa shape index (κ1) is 20.4. The molecule has 0 aromatic heterocycles. The maximum Gasteiger partial charge on any atom is 0.318 e. The van der Waals surface area contributed by atoms with E-state index in [-0.39, 0.29) is 24.8 Å². The number of carboxylic acid groups (broad SMARTS) is 1. The Kier molecular flexibility index (Phi) is 6.21. The molecule has 2 amide bonds. The largest absolute Gasteiger partial charge is 0.493 e. The molecule has 7 nitrogen and oxygen atoms in total. The molecule has 0 bridgehead atoms. The summed E-state index contributed by atoms with van der Waals surface area (Å²) < 4.78 is 24.3. The summed E-state index contributed by atoms with van der Waals surface area (Å²) in [6.07, 6.45) is 0.433. The minimum atomic E-state index is -0.985. The van der Waals surface area contributed by atoms with Crippen LogP contribution in [0.25, 0.3) is 0 Å². The number of amides is 2. The van der Waals surface area contributed by atoms with E-state index in [1.54, 1.807) is 24.1 Å². The van der Waals surface area contributed by atoms with Crippen LogP contribution in [0, 0.1) is 5.82 Å². The van der Waals surface area contributed by atoms with Gasteiger partial charge in [0.15, 0.2) is 11.5 Å². The van der Waals surface area contributed by atoms with Crippen molar-refractivity contribution in [1.82, 2.24) is 10.2 Å². The molecule has 0 saturated carbocycles. The second kappa shape index (κ2) is 8.81. The SMILES string of the molecule is COc1cc2c(cc1OC)[C@H](c1ccc(F)cc1)N(C(=O)NCCC(=O)O)CC2. The molecule has 0 radical (unpaired) electrons. The minimum Gasteiger partial charge on any atom is -0.493 e. The molecule has 29 heavy (non-hydrogen) atoms. The fourth-order valence-electron chi connectivity index (χ4n) is 3.55. The maximum absolute atomic E-state index is 13.5. The van der Waals surface area contributed by atoms with E-state index >= 15 is 0 Å². The van der Waals surface area contributed by atoms with Gasteiger partial charge < -0.3 is 24.8 Å². The fraction of sp³-hybridized carbons (Fsp3) is 0.333. The normalized spacial score (nSPS) is 15.4. The molecule has 8 heteroatoms. The van der Waals surface area contributed by atoms with Crippen LogP contribution in [-0.4, -0.2) is 49.3 Å². The Morgan fingerprint density at radius 3 is 2.45 bits per heavy atom. The molecular weight excluding hydrogens is 379 g/mol. The number of methoxy groups -OCH3 is 2. The highest BCUT2D eigenvalue weighted by Crippen LogP contribution is 2.41. The second-order valence-electron chi connectivity index (χ2n) is 6.68. The maximum atomic E-state index is 13.5. The predicted molar refractivity (Wildman–Crippen MR) is 104 cm³/mol. The lowest BCUT2D eigenvalue weighted by Gasteiger charge is -2.38. The monoisotopic (exact) mass is 402 g/mol. The smallest absolute Gasteiger partial charge is 0.318 e. The first-order valence-corrected chi connectivity index (χ1v) is 9.21. The molecule has 0 saturated heterocycles. The summed E-state index contributed by atoms with van der Waals surface area (Å²) in [4.78, 5) is 25.2. The third kappa shape index (κ3) is 4.42. The van der Waals surface area contributed by atoms with Gasteiger partial charge in [-0.25, -0.2) is 9.18 Å². The Bertz CT molecular complexity index is 901. The third-order valence-corrected chi connectivity index (χ3v) is 4.94. The number of urea groups is 1. The molecule has 154 valence electrons. The molecule has 1 atom stereocenters. The number of carbonyl (C=O) groups excluding carboxylic acids is 1. The standard InChI is InChI=1S/C21H23FN2O5/c1-28-17-11-14-8-10-24(21(27)23-9-7-19(25)26)20(16(14)12-18(17)29-2)13-3-5-15(22)6-4-13/h3-6,11-12,20H,7-10H2,1-2H3,(H,23,27)(H,25,26)/t20-/m0/s1. The van der Waals surface area contributed by atoms with Gasteiger partial charge >= 0.3 is 12.0 Å². The summed E-state index contributed by atoms with van der Waals surface area (Å²) >= 11 is 0. The highest BCUT2D eigenvalue weighted by atomic mass is 19.1. The van der Waals surface area contributed by atoms with Crippen LogP contribution in [0.15, 0.2) is 36.4 Å². The number of benzene rings is 2. The Morgan fingerprint density at radius 1 is 1.17 bits per heavy atom. The van der Waals surface area contributed by atoms with Crippen LogP contribution in [0.4, 0.5) is 9.18 Å². The van der Waals surface area contributed by atoms with Gasteiger partial charge in [-0.2, -0.15) is 0 Å². The molecule has 1 aliphatic heterocycles. The first-order chi connectivity index (χ1) is 13.9. The van der Waals surface area contributed by atoms with Crippen molar-refractivity contribution in [1.29, 1.82) is 0 Å². The lowest BCUT2D eigenvalue weighted by Crippen LogP contribution is -2.46. The molecule has 2 aromatic carbocycles. The van der Waals surface area contributed by atoms with Gasteiger partial charge in [0, 0.05) is 13.1 Å². The number of hydrogen-bond donors (Lipinski definition) is 2. The van der Waals surface area contributed by atoms with Gasteiger partial charge in [0.05, 0.1) is 26.7 Å². The zero-order valence-corrected chi connectivity index (χ0v) is 16.3. The van der Waals surface area contributed by atoms with Crippen molar-refractivity contribution in [3.8, 4) is 11.5 Å². The van der Waals surface area contributed by atoms with E-state index in [0.717, 1.165) is 16.7 Å². The average molecular weight is 402 g/mol. The summed E-state index contributed by atoms with van der Waals surface area (Å²) in [6, 6.07) is 8.87. The van der Waals surface area contributed by atoms with Crippen LogP contribution in [-0.2, 0) is 11.2 Å². The Balaban J connectivity index is 2.01. The molecule has 0 spiro atoms. The molecule has 0 fully saturated rings. The zero-order chi connectivity index (χ0) is 21.0. The Hall–Kier alpha value is -3.29. The van der Waals surface area contributed by atoms with Crippen molar-refractivity contribution >= 4 is 12.0 Å². The number of rotatable bonds is 6. The number of halogens is 1. The van der Waals surface area contributed by atoms with Crippen LogP contribution >= 0.6 is 0 Å². The Labute approximate surface area is 168 Å². The van der Waals surface area contributed by atoms with E-state index in [0.29, 0.717) is 24.5 Å². The van der Waals surface area contributed by atoms with Crippen LogP contribution in [0.5, 0.6) is 11.5 Å². The van der Waals surface area contributed by atoms with Crippen molar-refractivity contribution in [2.45, 2.75) is 18.9 Å². The van der Waals surface area contributed by atoms with Crippen LogP contribution in [0.1, 0.15) is 29.2 Å². The highest BCUT2D eigenvalue weighted by molar-refractivity contribution is 5.77. The Morgan fingerprint density at radius 2 is 1.83 bits per heavy atom. The van der Waals surface area contributed by atoms with Crippen molar-refractivity contribution in [3.05, 3.63) is 58.9 Å². The third-order valence-electron chi connectivity index (χ3n) is 4.94. The van der Waals surface area contributed by atoms with E-state index in [9.17, 15) is 14.0 Å². The van der Waals surface area contributed by atoms with Gasteiger partial charge in [-0.15, -0.1) is 0 Å². The van der Waals surface area contributed by atoms with E-state index in [2.05, 4.69) is 5.32 Å². The molecular formula is C21H23FN2O5. The molecule has 0 unspecified atom stereocenters. The van der Waals surface area contributed by atoms with Crippen LogP contribution < -0.4 is 14.8 Å². The number of nitrogens with zero attached hydrogens (tertiary/aromatic N) is 1. The molecule has 1 heterocycles. The van der Waals surface area contributed by atoms with E-state index in [1.165, 1.54) is 19.2 Å². The summed E-state index contributed by atoms with van der Waals surface area (Å²) in [5.74, 6) is -0.217. The number of ether oxygens (including phenoxy) is 2. The predicted octanol–water partition coefficient (Wildman–Crippen LogP) is 2.97. The van der Waals surface area contributed by atoms with E-state index in [1.807, 2.05) is 12.1 Å². The van der Waals surface area contributed by atoms with Crippen molar-refractivity contribution in [3.63, 3.8) is 0 Å². The first-order valence-electron chi connectivity index (χ1n) is 9.21. The number of carbonyl (C=O) groups is 2. The number of carboxylic acids is 1. The summed E-state index contributed by atoms with van der Waals surface area (Å²) in [5, 5.41) is 11.5. The van der Waals surface area contributed by atoms with Gasteiger partial charge in [0.25, 0.3) is 0 Å². The summed E-state index contributed by atoms with van der Waals surface area (Å²) in [6.45, 7) is 0.447. The zero-order valence-electron chi connectivity index (χ0n) is 16.3. The minimum absolute atomic E-state index is 0.0274. The lowest BCUT2D eigenvalue weighted by molar-refractivity contribution is -0.136. The van der Waals surface area contributed by atoms with Gasteiger partial charge in [-0.1, -0.05) is 12.1 Å². The van der Waals surface area contributed by atoms with E-state index < -0.39 is 12.0 Å².